The standard InChI is InChI=1S/C15H20N4O2S/c1-15(2,3)12-8-16-14(21-12)22-11-5-6-19(13(11)20)10-7-17-18(4)9-10/h7-9,11H,5-6H2,1-4H3/t11-/m1/s1. The van der Waals surface area contributed by atoms with Crippen LogP contribution in [0.25, 0.3) is 0 Å². The van der Waals surface area contributed by atoms with Gasteiger partial charge in [-0.2, -0.15) is 5.10 Å². The molecule has 2 aromatic heterocycles. The first-order chi connectivity index (χ1) is 10.3. The first-order valence-corrected chi connectivity index (χ1v) is 8.15. The van der Waals surface area contributed by atoms with Crippen molar-refractivity contribution in [3.05, 3.63) is 24.4 Å². The van der Waals surface area contributed by atoms with E-state index in [0.717, 1.165) is 17.9 Å². The smallest absolute Gasteiger partial charge is 0.256 e. The van der Waals surface area contributed by atoms with Gasteiger partial charge in [-0.15, -0.1) is 0 Å². The molecule has 6 nitrogen and oxygen atoms in total. The maximum absolute atomic E-state index is 12.5. The topological polar surface area (TPSA) is 64.2 Å². The molecule has 0 unspecified atom stereocenters. The highest BCUT2D eigenvalue weighted by Crippen LogP contribution is 2.34. The predicted octanol–water partition coefficient (Wildman–Crippen LogP) is 2.60. The lowest BCUT2D eigenvalue weighted by molar-refractivity contribution is -0.116. The lowest BCUT2D eigenvalue weighted by Crippen LogP contribution is -2.27. The minimum Gasteiger partial charge on any atom is -0.436 e. The van der Waals surface area contributed by atoms with Crippen molar-refractivity contribution in [2.75, 3.05) is 11.4 Å². The highest BCUT2D eigenvalue weighted by Gasteiger charge is 2.35. The van der Waals surface area contributed by atoms with Crippen LogP contribution in [0.5, 0.6) is 0 Å². The van der Waals surface area contributed by atoms with Gasteiger partial charge in [0.15, 0.2) is 0 Å². The fraction of sp³-hybridized carbons (Fsp3) is 0.533. The summed E-state index contributed by atoms with van der Waals surface area (Å²) in [6, 6.07) is 0. The molecule has 22 heavy (non-hydrogen) atoms. The minimum atomic E-state index is -0.147. The number of aryl methyl sites for hydroxylation is 1. The number of amides is 1. The predicted molar refractivity (Wildman–Crippen MR) is 85.0 cm³/mol. The van der Waals surface area contributed by atoms with E-state index in [4.69, 9.17) is 4.42 Å². The number of anilines is 1. The van der Waals surface area contributed by atoms with Gasteiger partial charge < -0.3 is 9.32 Å². The molecule has 3 rings (SSSR count). The van der Waals surface area contributed by atoms with Gasteiger partial charge in [-0.25, -0.2) is 4.98 Å². The average Bonchev–Trinajstić information content (AvgIpc) is 3.12. The van der Waals surface area contributed by atoms with Crippen LogP contribution in [0.1, 0.15) is 33.0 Å². The Labute approximate surface area is 133 Å². The summed E-state index contributed by atoms with van der Waals surface area (Å²) in [5.74, 6) is 0.929. The van der Waals surface area contributed by atoms with Crippen molar-refractivity contribution in [2.45, 2.75) is 43.1 Å². The van der Waals surface area contributed by atoms with Gasteiger partial charge in [-0.1, -0.05) is 32.5 Å². The molecule has 0 N–H and O–H groups in total. The summed E-state index contributed by atoms with van der Waals surface area (Å²) >= 11 is 1.41. The summed E-state index contributed by atoms with van der Waals surface area (Å²) in [5.41, 5.74) is 0.770. The first-order valence-electron chi connectivity index (χ1n) is 7.27. The van der Waals surface area contributed by atoms with Crippen molar-refractivity contribution in [1.29, 1.82) is 0 Å². The average molecular weight is 320 g/mol. The normalized spacial score (nSPS) is 19.2. The Morgan fingerprint density at radius 2 is 2.14 bits per heavy atom. The van der Waals surface area contributed by atoms with Crippen LogP contribution >= 0.6 is 11.8 Å². The minimum absolute atomic E-state index is 0.0762. The third-order valence-electron chi connectivity index (χ3n) is 3.63. The molecule has 1 saturated heterocycles. The third kappa shape index (κ3) is 2.90. The Hall–Kier alpha value is -1.76. The quantitative estimate of drug-likeness (QED) is 0.870. The van der Waals surface area contributed by atoms with Crippen LogP contribution in [0.4, 0.5) is 5.69 Å². The molecule has 0 aromatic carbocycles. The Kier molecular flexibility index (Phi) is 3.76. The van der Waals surface area contributed by atoms with E-state index in [0.29, 0.717) is 11.8 Å². The SMILES string of the molecule is Cn1cc(N2CC[C@@H](Sc3ncc(C(C)(C)C)o3)C2=O)cn1. The monoisotopic (exact) mass is 320 g/mol. The van der Waals surface area contributed by atoms with Crippen molar-refractivity contribution in [3.8, 4) is 0 Å². The number of hydrogen-bond donors (Lipinski definition) is 0. The molecule has 1 fully saturated rings. The van der Waals surface area contributed by atoms with Crippen LogP contribution < -0.4 is 4.90 Å². The molecule has 1 aliphatic heterocycles. The number of carbonyl (C=O) groups is 1. The number of oxazole rings is 1. The Bertz CT molecular complexity index is 686. The van der Waals surface area contributed by atoms with Gasteiger partial charge in [0, 0.05) is 25.2 Å². The van der Waals surface area contributed by atoms with Crippen LogP contribution in [0, 0.1) is 0 Å². The summed E-state index contributed by atoms with van der Waals surface area (Å²) in [6.07, 6.45) is 6.11. The van der Waals surface area contributed by atoms with E-state index in [9.17, 15) is 4.79 Å². The maximum atomic E-state index is 12.5. The van der Waals surface area contributed by atoms with E-state index in [1.54, 1.807) is 22.0 Å². The summed E-state index contributed by atoms with van der Waals surface area (Å²) in [4.78, 5) is 18.6. The molecule has 0 saturated carbocycles. The molecule has 1 aliphatic rings. The Balaban J connectivity index is 1.69. The molecule has 1 amide bonds. The van der Waals surface area contributed by atoms with Crippen molar-refractivity contribution in [2.24, 2.45) is 7.05 Å². The van der Waals surface area contributed by atoms with Gasteiger partial charge in [-0.3, -0.25) is 9.48 Å². The Morgan fingerprint density at radius 1 is 1.36 bits per heavy atom. The number of aromatic nitrogens is 3. The molecule has 7 heteroatoms. The van der Waals surface area contributed by atoms with Crippen molar-refractivity contribution in [3.63, 3.8) is 0 Å². The van der Waals surface area contributed by atoms with Gasteiger partial charge >= 0.3 is 0 Å². The summed E-state index contributed by atoms with van der Waals surface area (Å²) < 4.78 is 7.47. The second-order valence-corrected chi connectivity index (χ2v) is 7.65. The zero-order chi connectivity index (χ0) is 15.9. The van der Waals surface area contributed by atoms with E-state index >= 15 is 0 Å². The van der Waals surface area contributed by atoms with E-state index in [-0.39, 0.29) is 16.6 Å². The molecule has 0 radical (unpaired) electrons. The summed E-state index contributed by atoms with van der Waals surface area (Å²) in [6.45, 7) is 6.93. The second kappa shape index (κ2) is 5.46. The highest BCUT2D eigenvalue weighted by molar-refractivity contribution is 8.00. The van der Waals surface area contributed by atoms with E-state index in [2.05, 4.69) is 30.9 Å². The molecule has 2 aromatic rings. The highest BCUT2D eigenvalue weighted by atomic mass is 32.2. The molecule has 0 spiro atoms. The van der Waals surface area contributed by atoms with Crippen LogP contribution in [0.15, 0.2) is 28.2 Å². The van der Waals surface area contributed by atoms with Crippen molar-refractivity contribution < 1.29 is 9.21 Å². The third-order valence-corrected chi connectivity index (χ3v) is 4.74. The zero-order valence-electron chi connectivity index (χ0n) is 13.2. The van der Waals surface area contributed by atoms with Gasteiger partial charge in [-0.05, 0) is 6.42 Å². The van der Waals surface area contributed by atoms with E-state index in [1.807, 2.05) is 13.2 Å². The molecule has 118 valence electrons. The van der Waals surface area contributed by atoms with Crippen molar-refractivity contribution >= 4 is 23.4 Å². The molecule has 0 aliphatic carbocycles. The second-order valence-electron chi connectivity index (χ2n) is 6.50. The lowest BCUT2D eigenvalue weighted by Gasteiger charge is -2.14. The molecule has 1 atom stereocenters. The van der Waals surface area contributed by atoms with Crippen LogP contribution in [-0.2, 0) is 17.3 Å². The zero-order valence-corrected chi connectivity index (χ0v) is 14.1. The van der Waals surface area contributed by atoms with Gasteiger partial charge in [0.1, 0.15) is 5.76 Å². The van der Waals surface area contributed by atoms with Crippen LogP contribution in [0.3, 0.4) is 0 Å². The fourth-order valence-electron chi connectivity index (χ4n) is 2.35. The van der Waals surface area contributed by atoms with E-state index < -0.39 is 0 Å². The molecular formula is C15H20N4O2S. The number of hydrogen-bond acceptors (Lipinski definition) is 5. The van der Waals surface area contributed by atoms with Gasteiger partial charge in [0.2, 0.25) is 5.91 Å². The number of nitrogens with zero attached hydrogens (tertiary/aromatic N) is 4. The summed E-state index contributed by atoms with van der Waals surface area (Å²) in [5, 5.41) is 4.54. The number of carbonyl (C=O) groups excluding carboxylic acids is 1. The molecule has 0 bridgehead atoms. The van der Waals surface area contributed by atoms with Gasteiger partial charge in [0.25, 0.3) is 5.22 Å². The lowest BCUT2D eigenvalue weighted by atomic mass is 9.94. The van der Waals surface area contributed by atoms with Crippen molar-refractivity contribution in [1.82, 2.24) is 14.8 Å². The maximum Gasteiger partial charge on any atom is 0.256 e. The largest absolute Gasteiger partial charge is 0.436 e. The van der Waals surface area contributed by atoms with E-state index in [1.165, 1.54) is 11.8 Å². The van der Waals surface area contributed by atoms with Crippen LogP contribution in [0.2, 0.25) is 0 Å². The fourth-order valence-corrected chi connectivity index (χ4v) is 3.29. The number of thioether (sulfide) groups is 1. The summed E-state index contributed by atoms with van der Waals surface area (Å²) in [7, 11) is 1.84. The Morgan fingerprint density at radius 3 is 2.73 bits per heavy atom. The van der Waals surface area contributed by atoms with Gasteiger partial charge in [0.05, 0.1) is 23.3 Å². The van der Waals surface area contributed by atoms with Crippen LogP contribution in [-0.4, -0.2) is 32.5 Å². The first kappa shape index (κ1) is 15.1. The number of rotatable bonds is 3. The molecular weight excluding hydrogens is 300 g/mol. The molecule has 3 heterocycles.